The summed E-state index contributed by atoms with van der Waals surface area (Å²) in [4.78, 5) is 21.1. The fourth-order valence-electron chi connectivity index (χ4n) is 4.13. The predicted octanol–water partition coefficient (Wildman–Crippen LogP) is 3.81. The van der Waals surface area contributed by atoms with Crippen molar-refractivity contribution in [2.24, 2.45) is 0 Å². The van der Waals surface area contributed by atoms with Gasteiger partial charge in [0.2, 0.25) is 10.0 Å². The van der Waals surface area contributed by atoms with Crippen molar-refractivity contribution >= 4 is 32.1 Å². The molecule has 10 nitrogen and oxygen atoms in total. The average Bonchev–Trinajstić information content (AvgIpc) is 3.51. The third-order valence-electron chi connectivity index (χ3n) is 5.81. The van der Waals surface area contributed by atoms with Crippen LogP contribution in [0.4, 0.5) is 4.39 Å². The van der Waals surface area contributed by atoms with Gasteiger partial charge < -0.3 is 4.98 Å². The number of hydrogen-bond acceptors (Lipinski definition) is 7. The zero-order valence-corrected chi connectivity index (χ0v) is 20.2. The number of imidazole rings is 1. The van der Waals surface area contributed by atoms with Gasteiger partial charge in [-0.25, -0.2) is 27.5 Å². The van der Waals surface area contributed by atoms with Crippen molar-refractivity contribution in [2.75, 3.05) is 6.26 Å². The number of hydrogen-bond donors (Lipinski definition) is 3. The first kappa shape index (κ1) is 22.9. The van der Waals surface area contributed by atoms with Crippen LogP contribution in [0.25, 0.3) is 56.0 Å². The van der Waals surface area contributed by atoms with Crippen LogP contribution in [0.5, 0.6) is 0 Å². The zero-order valence-electron chi connectivity index (χ0n) is 19.4. The van der Waals surface area contributed by atoms with Crippen molar-refractivity contribution < 1.29 is 12.8 Å². The Morgan fingerprint density at radius 1 is 0.919 bits per heavy atom. The molecule has 0 spiro atoms. The minimum Gasteiger partial charge on any atom is -0.335 e. The molecule has 0 amide bonds. The van der Waals surface area contributed by atoms with Gasteiger partial charge in [-0.05, 0) is 53.6 Å². The van der Waals surface area contributed by atoms with Gasteiger partial charge in [-0.1, -0.05) is 0 Å². The third kappa shape index (κ3) is 4.55. The number of nitrogens with zero attached hydrogens (tertiary/aromatic N) is 5. The summed E-state index contributed by atoms with van der Waals surface area (Å²) in [5, 5.41) is 7.43. The van der Waals surface area contributed by atoms with E-state index in [4.69, 9.17) is 9.97 Å². The molecule has 0 fully saturated rings. The molecule has 3 N–H and O–H groups in total. The van der Waals surface area contributed by atoms with E-state index in [0.29, 0.717) is 44.8 Å². The summed E-state index contributed by atoms with van der Waals surface area (Å²) in [6.45, 7) is -0.0381. The van der Waals surface area contributed by atoms with Gasteiger partial charge in [0.15, 0.2) is 11.5 Å². The Morgan fingerprint density at radius 2 is 1.76 bits per heavy atom. The molecule has 184 valence electrons. The summed E-state index contributed by atoms with van der Waals surface area (Å²) in [5.74, 6) is -0.0213. The molecule has 1 aromatic carbocycles. The predicted molar refractivity (Wildman–Crippen MR) is 137 cm³/mol. The molecule has 0 aliphatic heterocycles. The SMILES string of the molecule is CS(=O)(=O)NCc1cc(F)cc(-c2cncc3[nH]c(-c4n[nH]c5ccc(-c6ccncc6)nc45)nc23)c1. The zero-order chi connectivity index (χ0) is 25.6. The first-order chi connectivity index (χ1) is 17.8. The molecular formula is C25H19FN8O2S. The van der Waals surface area contributed by atoms with E-state index in [1.165, 1.54) is 12.1 Å². The molecule has 6 rings (SSSR count). The highest BCUT2D eigenvalue weighted by molar-refractivity contribution is 7.88. The number of halogens is 1. The van der Waals surface area contributed by atoms with E-state index in [1.54, 1.807) is 30.9 Å². The van der Waals surface area contributed by atoms with Crippen LogP contribution in [0.2, 0.25) is 0 Å². The number of aromatic nitrogens is 7. The smallest absolute Gasteiger partial charge is 0.209 e. The van der Waals surface area contributed by atoms with Gasteiger partial charge >= 0.3 is 0 Å². The summed E-state index contributed by atoms with van der Waals surface area (Å²) in [6, 6.07) is 11.9. The number of pyridine rings is 3. The second kappa shape index (κ2) is 8.84. The van der Waals surface area contributed by atoms with Gasteiger partial charge in [0.25, 0.3) is 0 Å². The fourth-order valence-corrected chi connectivity index (χ4v) is 4.56. The maximum atomic E-state index is 14.5. The van der Waals surface area contributed by atoms with Crippen LogP contribution in [-0.2, 0) is 16.6 Å². The van der Waals surface area contributed by atoms with E-state index in [-0.39, 0.29) is 6.54 Å². The van der Waals surface area contributed by atoms with Crippen LogP contribution in [0, 0.1) is 5.82 Å². The molecule has 5 heterocycles. The number of rotatable bonds is 6. The van der Waals surface area contributed by atoms with E-state index in [0.717, 1.165) is 23.0 Å². The van der Waals surface area contributed by atoms with Crippen molar-refractivity contribution in [3.8, 4) is 33.9 Å². The Kier molecular flexibility index (Phi) is 5.46. The molecule has 0 saturated carbocycles. The number of fused-ring (bicyclic) bond motifs is 2. The Hall–Kier alpha value is -4.55. The molecule has 0 atom stereocenters. The van der Waals surface area contributed by atoms with Gasteiger partial charge in [-0.15, -0.1) is 0 Å². The van der Waals surface area contributed by atoms with Gasteiger partial charge in [0.1, 0.15) is 11.3 Å². The number of H-pyrrole nitrogens is 2. The van der Waals surface area contributed by atoms with Crippen molar-refractivity contribution in [1.29, 1.82) is 0 Å². The number of sulfonamides is 1. The van der Waals surface area contributed by atoms with E-state index in [2.05, 4.69) is 29.9 Å². The number of benzene rings is 1. The molecule has 0 saturated heterocycles. The quantitative estimate of drug-likeness (QED) is 0.307. The number of aromatic amines is 2. The summed E-state index contributed by atoms with van der Waals surface area (Å²) in [5.41, 5.74) is 6.40. The van der Waals surface area contributed by atoms with Gasteiger partial charge in [0, 0.05) is 36.3 Å². The first-order valence-electron chi connectivity index (χ1n) is 11.2. The molecule has 0 bridgehead atoms. The molecular weight excluding hydrogens is 495 g/mol. The van der Waals surface area contributed by atoms with Crippen LogP contribution in [0.3, 0.4) is 0 Å². The largest absolute Gasteiger partial charge is 0.335 e. The maximum absolute atomic E-state index is 14.5. The lowest BCUT2D eigenvalue weighted by molar-refractivity contribution is 0.586. The van der Waals surface area contributed by atoms with E-state index < -0.39 is 15.8 Å². The standard InChI is InChI=1S/C25H19FN8O2S/c1-37(35,36)29-11-14-8-16(10-17(26)9-14)18-12-28-13-21-22(18)32-25(31-21)24-23-20(33-34-24)3-2-19(30-23)15-4-6-27-7-5-15/h2-10,12-13,29H,11H2,1H3,(H,31,32)(H,33,34). The molecule has 6 aromatic rings. The Labute approximate surface area is 210 Å². The number of nitrogens with one attached hydrogen (secondary N) is 3. The van der Waals surface area contributed by atoms with Crippen molar-refractivity contribution in [2.45, 2.75) is 6.54 Å². The maximum Gasteiger partial charge on any atom is 0.209 e. The average molecular weight is 515 g/mol. The van der Waals surface area contributed by atoms with Crippen LogP contribution in [0.1, 0.15) is 5.56 Å². The van der Waals surface area contributed by atoms with Gasteiger partial charge in [-0.3, -0.25) is 15.1 Å². The lowest BCUT2D eigenvalue weighted by Gasteiger charge is -2.07. The molecule has 0 unspecified atom stereocenters. The van der Waals surface area contributed by atoms with E-state index in [1.807, 2.05) is 24.3 Å². The van der Waals surface area contributed by atoms with Gasteiger partial charge in [-0.2, -0.15) is 5.10 Å². The minimum atomic E-state index is -3.43. The monoisotopic (exact) mass is 514 g/mol. The highest BCUT2D eigenvalue weighted by Crippen LogP contribution is 2.32. The summed E-state index contributed by atoms with van der Waals surface area (Å²) in [7, 11) is -3.43. The molecule has 0 aliphatic carbocycles. The van der Waals surface area contributed by atoms with Gasteiger partial charge in [0.05, 0.1) is 34.7 Å². The van der Waals surface area contributed by atoms with Crippen LogP contribution in [0.15, 0.2) is 67.3 Å². The highest BCUT2D eigenvalue weighted by atomic mass is 32.2. The van der Waals surface area contributed by atoms with E-state index >= 15 is 0 Å². The first-order valence-corrected chi connectivity index (χ1v) is 13.1. The van der Waals surface area contributed by atoms with Crippen LogP contribution < -0.4 is 4.72 Å². The second-order valence-electron chi connectivity index (χ2n) is 8.51. The molecule has 12 heteroatoms. The topological polar surface area (TPSA) is 142 Å². The third-order valence-corrected chi connectivity index (χ3v) is 6.48. The molecule has 0 aliphatic rings. The fraction of sp³-hybridized carbons (Fsp3) is 0.0800. The van der Waals surface area contributed by atoms with Crippen molar-refractivity contribution in [3.05, 3.63) is 78.6 Å². The Balaban J connectivity index is 1.44. The summed E-state index contributed by atoms with van der Waals surface area (Å²) >= 11 is 0. The summed E-state index contributed by atoms with van der Waals surface area (Å²) < 4.78 is 39.8. The second-order valence-corrected chi connectivity index (χ2v) is 10.3. The lowest BCUT2D eigenvalue weighted by atomic mass is 10.0. The van der Waals surface area contributed by atoms with Crippen LogP contribution >= 0.6 is 0 Å². The highest BCUT2D eigenvalue weighted by Gasteiger charge is 2.18. The normalized spacial score (nSPS) is 11.9. The Morgan fingerprint density at radius 3 is 2.57 bits per heavy atom. The van der Waals surface area contributed by atoms with Crippen LogP contribution in [-0.4, -0.2) is 49.8 Å². The lowest BCUT2D eigenvalue weighted by Crippen LogP contribution is -2.21. The minimum absolute atomic E-state index is 0.0381. The van der Waals surface area contributed by atoms with E-state index in [9.17, 15) is 12.8 Å². The van der Waals surface area contributed by atoms with Crippen molar-refractivity contribution in [1.82, 2.24) is 39.8 Å². The molecule has 5 aromatic heterocycles. The Bertz CT molecular complexity index is 1880. The molecule has 37 heavy (non-hydrogen) atoms. The summed E-state index contributed by atoms with van der Waals surface area (Å²) in [6.07, 6.45) is 7.70. The molecule has 0 radical (unpaired) electrons. The van der Waals surface area contributed by atoms with Crippen molar-refractivity contribution in [3.63, 3.8) is 0 Å².